The average molecular weight is 259 g/mol. The van der Waals surface area contributed by atoms with Crippen molar-refractivity contribution in [3.8, 4) is 0 Å². The highest BCUT2D eigenvalue weighted by atomic mass is 16.1. The molecule has 4 nitrogen and oxygen atoms in total. The van der Waals surface area contributed by atoms with Gasteiger partial charge in [-0.3, -0.25) is 4.79 Å². The van der Waals surface area contributed by atoms with Gasteiger partial charge in [0, 0.05) is 18.7 Å². The summed E-state index contributed by atoms with van der Waals surface area (Å²) in [7, 11) is 0. The zero-order valence-electron chi connectivity index (χ0n) is 11.2. The van der Waals surface area contributed by atoms with E-state index in [1.165, 1.54) is 24.3 Å². The molecular formula is C15H21N3O. The number of hydrogen-bond donors (Lipinski definition) is 2. The molecule has 0 atom stereocenters. The minimum Gasteiger partial charge on any atom is -0.404 e. The minimum atomic E-state index is 0.0996. The first kappa shape index (κ1) is 13.6. The summed E-state index contributed by atoms with van der Waals surface area (Å²) in [5.41, 5.74) is 7.60. The van der Waals surface area contributed by atoms with Crippen molar-refractivity contribution in [2.75, 3.05) is 11.9 Å². The lowest BCUT2D eigenvalue weighted by atomic mass is 10.0. The van der Waals surface area contributed by atoms with Crippen molar-refractivity contribution in [3.63, 3.8) is 0 Å². The van der Waals surface area contributed by atoms with Gasteiger partial charge in [-0.15, -0.1) is 0 Å². The predicted molar refractivity (Wildman–Crippen MR) is 76.9 cm³/mol. The highest BCUT2D eigenvalue weighted by Crippen LogP contribution is 2.20. The number of pyridine rings is 1. The summed E-state index contributed by atoms with van der Waals surface area (Å²) in [5, 5.41) is 3.34. The number of nitrogens with one attached hydrogen (secondary N) is 1. The highest BCUT2D eigenvalue weighted by molar-refractivity contribution is 5.89. The van der Waals surface area contributed by atoms with Gasteiger partial charge < -0.3 is 11.1 Å². The van der Waals surface area contributed by atoms with Crippen molar-refractivity contribution in [1.82, 2.24) is 4.98 Å². The number of anilines is 1. The van der Waals surface area contributed by atoms with Crippen molar-refractivity contribution in [1.29, 1.82) is 0 Å². The Kier molecular flexibility index (Phi) is 4.95. The molecule has 2 rings (SSSR count). The molecule has 102 valence electrons. The van der Waals surface area contributed by atoms with E-state index in [0.717, 1.165) is 43.7 Å². The van der Waals surface area contributed by atoms with Crippen LogP contribution in [0.4, 0.5) is 5.82 Å². The summed E-state index contributed by atoms with van der Waals surface area (Å²) in [6.45, 7) is 1.02. The molecule has 0 aromatic carbocycles. The number of carbonyl (C=O) groups is 1. The van der Waals surface area contributed by atoms with Crippen LogP contribution in [0.5, 0.6) is 0 Å². The van der Waals surface area contributed by atoms with Gasteiger partial charge in [0.2, 0.25) is 0 Å². The summed E-state index contributed by atoms with van der Waals surface area (Å²) in [4.78, 5) is 15.9. The molecule has 0 fully saturated rings. The number of carbonyl (C=O) groups excluding carboxylic acids is 1. The van der Waals surface area contributed by atoms with Gasteiger partial charge in [-0.2, -0.15) is 0 Å². The lowest BCUT2D eigenvalue weighted by Gasteiger charge is -2.17. The fourth-order valence-corrected chi connectivity index (χ4v) is 2.30. The van der Waals surface area contributed by atoms with Crippen LogP contribution < -0.4 is 11.1 Å². The van der Waals surface area contributed by atoms with E-state index in [1.807, 2.05) is 0 Å². The van der Waals surface area contributed by atoms with Gasteiger partial charge in [0.1, 0.15) is 5.82 Å². The second kappa shape index (κ2) is 6.92. The molecule has 1 aliphatic rings. The Bertz CT molecular complexity index is 468. The molecule has 1 aliphatic heterocycles. The summed E-state index contributed by atoms with van der Waals surface area (Å²) < 4.78 is 0. The first-order valence-electron chi connectivity index (χ1n) is 6.93. The Hall–Kier alpha value is -1.84. The van der Waals surface area contributed by atoms with Crippen LogP contribution in [0.25, 0.3) is 0 Å². The summed E-state index contributed by atoms with van der Waals surface area (Å²) in [6.07, 6.45) is 8.40. The Morgan fingerprint density at radius 1 is 1.42 bits per heavy atom. The minimum absolute atomic E-state index is 0.0996. The summed E-state index contributed by atoms with van der Waals surface area (Å²) in [6, 6.07) is 4.28. The van der Waals surface area contributed by atoms with E-state index in [4.69, 9.17) is 5.73 Å². The first-order chi connectivity index (χ1) is 9.29. The zero-order valence-corrected chi connectivity index (χ0v) is 11.2. The maximum absolute atomic E-state index is 11.3. The van der Waals surface area contributed by atoms with E-state index in [0.29, 0.717) is 6.42 Å². The highest BCUT2D eigenvalue weighted by Gasteiger charge is 2.10. The standard InChI is InChI=1S/C15H21N3O/c16-10-9-14(19)6-2-1-5-13-8-7-12-4-3-11-17-15(12)18-13/h7-10H,1-6,11,16H2,(H,17,18)/b10-9+. The number of aryl methyl sites for hydroxylation is 2. The van der Waals surface area contributed by atoms with Gasteiger partial charge in [-0.05, 0) is 56.0 Å². The van der Waals surface area contributed by atoms with Crippen LogP contribution in [0.15, 0.2) is 24.4 Å². The number of rotatable bonds is 6. The van der Waals surface area contributed by atoms with Crippen LogP contribution in [-0.4, -0.2) is 17.3 Å². The molecule has 4 heteroatoms. The number of nitrogens with two attached hydrogens (primary N) is 1. The van der Waals surface area contributed by atoms with Crippen LogP contribution in [0.2, 0.25) is 0 Å². The fourth-order valence-electron chi connectivity index (χ4n) is 2.30. The molecule has 0 radical (unpaired) electrons. The lowest BCUT2D eigenvalue weighted by Crippen LogP contribution is -2.14. The van der Waals surface area contributed by atoms with Crippen LogP contribution >= 0.6 is 0 Å². The maximum atomic E-state index is 11.3. The van der Waals surface area contributed by atoms with Crippen LogP contribution in [-0.2, 0) is 17.6 Å². The molecule has 1 aromatic heterocycles. The van der Waals surface area contributed by atoms with Crippen LogP contribution in [0.3, 0.4) is 0 Å². The molecule has 0 amide bonds. The van der Waals surface area contributed by atoms with Gasteiger partial charge in [-0.1, -0.05) is 6.07 Å². The zero-order chi connectivity index (χ0) is 13.5. The van der Waals surface area contributed by atoms with Gasteiger partial charge in [-0.25, -0.2) is 4.98 Å². The normalized spacial score (nSPS) is 14.1. The SMILES string of the molecule is N/C=C/C(=O)CCCCc1ccc2c(n1)NCCC2. The summed E-state index contributed by atoms with van der Waals surface area (Å²) >= 11 is 0. The van der Waals surface area contributed by atoms with Crippen LogP contribution in [0.1, 0.15) is 36.9 Å². The number of allylic oxidation sites excluding steroid dienone is 1. The van der Waals surface area contributed by atoms with E-state index < -0.39 is 0 Å². The van der Waals surface area contributed by atoms with Crippen molar-refractivity contribution in [3.05, 3.63) is 35.7 Å². The van der Waals surface area contributed by atoms with E-state index in [9.17, 15) is 4.79 Å². The fraction of sp³-hybridized carbons (Fsp3) is 0.467. The van der Waals surface area contributed by atoms with Gasteiger partial charge >= 0.3 is 0 Å². The first-order valence-corrected chi connectivity index (χ1v) is 6.93. The number of nitrogens with zero attached hydrogens (tertiary/aromatic N) is 1. The van der Waals surface area contributed by atoms with Gasteiger partial charge in [0.05, 0.1) is 0 Å². The molecule has 0 saturated heterocycles. The van der Waals surface area contributed by atoms with Gasteiger partial charge in [0.25, 0.3) is 0 Å². The number of hydrogen-bond acceptors (Lipinski definition) is 4. The summed E-state index contributed by atoms with van der Waals surface area (Å²) in [5.74, 6) is 1.15. The molecule has 1 aromatic rings. The third-order valence-corrected chi connectivity index (χ3v) is 3.34. The average Bonchev–Trinajstić information content (AvgIpc) is 2.44. The Labute approximate surface area is 114 Å². The Morgan fingerprint density at radius 3 is 3.16 bits per heavy atom. The van der Waals surface area contributed by atoms with Crippen molar-refractivity contribution in [2.24, 2.45) is 5.73 Å². The molecular weight excluding hydrogens is 238 g/mol. The number of aromatic nitrogens is 1. The molecule has 19 heavy (non-hydrogen) atoms. The number of fused-ring (bicyclic) bond motifs is 1. The van der Waals surface area contributed by atoms with E-state index in [1.54, 1.807) is 0 Å². The van der Waals surface area contributed by atoms with Crippen LogP contribution in [0, 0.1) is 0 Å². The third kappa shape index (κ3) is 4.09. The molecule has 0 spiro atoms. The molecule has 0 bridgehead atoms. The van der Waals surface area contributed by atoms with Crippen molar-refractivity contribution >= 4 is 11.6 Å². The second-order valence-corrected chi connectivity index (χ2v) is 4.87. The second-order valence-electron chi connectivity index (χ2n) is 4.87. The molecule has 0 saturated carbocycles. The number of ketones is 1. The van der Waals surface area contributed by atoms with E-state index in [-0.39, 0.29) is 5.78 Å². The van der Waals surface area contributed by atoms with Crippen molar-refractivity contribution in [2.45, 2.75) is 38.5 Å². The third-order valence-electron chi connectivity index (χ3n) is 3.34. The number of unbranched alkanes of at least 4 members (excludes halogenated alkanes) is 1. The molecule has 0 aliphatic carbocycles. The molecule has 0 unspecified atom stereocenters. The Balaban J connectivity index is 1.78. The smallest absolute Gasteiger partial charge is 0.157 e. The van der Waals surface area contributed by atoms with E-state index >= 15 is 0 Å². The topological polar surface area (TPSA) is 68.0 Å². The predicted octanol–water partition coefficient (Wildman–Crippen LogP) is 2.19. The quantitative estimate of drug-likeness (QED) is 0.607. The maximum Gasteiger partial charge on any atom is 0.157 e. The van der Waals surface area contributed by atoms with Gasteiger partial charge in [0.15, 0.2) is 5.78 Å². The lowest BCUT2D eigenvalue weighted by molar-refractivity contribution is -0.114. The Morgan fingerprint density at radius 2 is 2.32 bits per heavy atom. The largest absolute Gasteiger partial charge is 0.404 e. The van der Waals surface area contributed by atoms with E-state index in [2.05, 4.69) is 22.4 Å². The monoisotopic (exact) mass is 259 g/mol. The molecule has 2 heterocycles. The molecule has 3 N–H and O–H groups in total. The van der Waals surface area contributed by atoms with Crippen molar-refractivity contribution < 1.29 is 4.79 Å².